The first kappa shape index (κ1) is 34.7. The van der Waals surface area contributed by atoms with Gasteiger partial charge in [0, 0.05) is 44.8 Å². The van der Waals surface area contributed by atoms with E-state index in [0.717, 1.165) is 17.6 Å². The van der Waals surface area contributed by atoms with E-state index >= 15 is 0 Å². The Morgan fingerprint density at radius 3 is 2.56 bits per heavy atom. The first-order chi connectivity index (χ1) is 23.9. The van der Waals surface area contributed by atoms with E-state index in [2.05, 4.69) is 29.7 Å². The van der Waals surface area contributed by atoms with Crippen LogP contribution >= 0.6 is 0 Å². The lowest BCUT2D eigenvalue weighted by Crippen LogP contribution is -2.40. The van der Waals surface area contributed by atoms with Crippen LogP contribution in [-0.2, 0) is 16.2 Å². The number of carbonyl (C=O) groups excluding carboxylic acids is 2. The largest absolute Gasteiger partial charge is 0.479 e. The molecular weight excluding hydrogens is 667 g/mol. The Bertz CT molecular complexity index is 2050. The second-order valence-electron chi connectivity index (χ2n) is 13.0. The summed E-state index contributed by atoms with van der Waals surface area (Å²) in [5.74, 6) is -3.13. The maximum Gasteiger partial charge on any atom is 0.254 e. The van der Waals surface area contributed by atoms with E-state index in [4.69, 9.17) is 24.7 Å². The molecule has 1 amide bonds. The van der Waals surface area contributed by atoms with Crippen molar-refractivity contribution < 1.29 is 37.3 Å². The third-order valence-corrected chi connectivity index (χ3v) is 10.0. The minimum atomic E-state index is -1.37. The van der Waals surface area contributed by atoms with Gasteiger partial charge in [-0.2, -0.15) is 14.5 Å². The zero-order valence-electron chi connectivity index (χ0n) is 28.2. The average Bonchev–Trinajstić information content (AvgIpc) is 3.67. The molecule has 1 fully saturated rings. The number of ketones is 1. The minimum Gasteiger partial charge on any atom is -0.479 e. The number of fused-ring (bicyclic) bond motifs is 1. The standard InChI is InChI=1S/C35H38F2N6O6Si/c1-46-34-27(10-11-30(40-34)49-29-7-5-6-25(36)31(29)37)43-33(38)24(20-39-43)32(44)28-19-23-18-22(35(45)41-12-14-47-15-13-41)8-9-26(23)42(28)21-48-16-17-50(2,3)4/h5-11,18-20H,12-17,21,38H2,1-4H3. The summed E-state index contributed by atoms with van der Waals surface area (Å²) in [6.45, 7) is 9.44. The number of morpholine rings is 1. The fourth-order valence-electron chi connectivity index (χ4n) is 5.54. The third-order valence-electron chi connectivity index (χ3n) is 8.31. The van der Waals surface area contributed by atoms with Crippen molar-refractivity contribution in [3.63, 3.8) is 0 Å². The maximum absolute atomic E-state index is 14.2. The van der Waals surface area contributed by atoms with Crippen molar-refractivity contribution >= 4 is 36.5 Å². The molecule has 6 rings (SSSR count). The number of hydrogen-bond donors (Lipinski definition) is 1. The molecule has 0 bridgehead atoms. The van der Waals surface area contributed by atoms with Gasteiger partial charge in [0.2, 0.25) is 23.4 Å². The highest BCUT2D eigenvalue weighted by Gasteiger charge is 2.26. The van der Waals surface area contributed by atoms with E-state index < -0.39 is 25.5 Å². The lowest BCUT2D eigenvalue weighted by molar-refractivity contribution is 0.0303. The second kappa shape index (κ2) is 14.4. The molecule has 2 aromatic carbocycles. The summed E-state index contributed by atoms with van der Waals surface area (Å²) in [5.41, 5.74) is 8.46. The molecule has 262 valence electrons. The van der Waals surface area contributed by atoms with Crippen molar-refractivity contribution in [3.8, 4) is 23.2 Å². The van der Waals surface area contributed by atoms with Gasteiger partial charge in [0.1, 0.15) is 18.2 Å². The lowest BCUT2D eigenvalue weighted by atomic mass is 10.1. The van der Waals surface area contributed by atoms with Crippen LogP contribution in [-0.4, -0.2) is 84.0 Å². The number of ether oxygens (including phenoxy) is 4. The summed E-state index contributed by atoms with van der Waals surface area (Å²) < 4.78 is 53.3. The molecule has 1 saturated heterocycles. The Morgan fingerprint density at radius 2 is 1.82 bits per heavy atom. The van der Waals surface area contributed by atoms with Crippen LogP contribution in [0.15, 0.2) is 60.8 Å². The van der Waals surface area contributed by atoms with Gasteiger partial charge < -0.3 is 34.1 Å². The van der Waals surface area contributed by atoms with Crippen LogP contribution < -0.4 is 15.2 Å². The van der Waals surface area contributed by atoms with Crippen molar-refractivity contribution in [3.05, 3.63) is 89.2 Å². The molecule has 12 nitrogen and oxygen atoms in total. The number of aromatic nitrogens is 4. The number of pyridine rings is 1. The van der Waals surface area contributed by atoms with Gasteiger partial charge in [-0.05, 0) is 48.5 Å². The highest BCUT2D eigenvalue weighted by atomic mass is 28.3. The van der Waals surface area contributed by atoms with Gasteiger partial charge in [-0.25, -0.2) is 9.07 Å². The summed E-state index contributed by atoms with van der Waals surface area (Å²) in [4.78, 5) is 33.5. The van der Waals surface area contributed by atoms with Crippen LogP contribution in [0.2, 0.25) is 25.7 Å². The van der Waals surface area contributed by atoms with Gasteiger partial charge >= 0.3 is 0 Å². The summed E-state index contributed by atoms with van der Waals surface area (Å²) in [6.07, 6.45) is 1.35. The molecule has 3 aromatic heterocycles. The lowest BCUT2D eigenvalue weighted by Gasteiger charge is -2.26. The van der Waals surface area contributed by atoms with Crippen molar-refractivity contribution in [1.29, 1.82) is 0 Å². The number of amides is 1. The normalized spacial score (nSPS) is 13.5. The first-order valence-electron chi connectivity index (χ1n) is 16.1. The molecular formula is C35H38F2N6O6Si. The summed E-state index contributed by atoms with van der Waals surface area (Å²) in [6, 6.07) is 14.5. The molecule has 0 saturated carbocycles. The van der Waals surface area contributed by atoms with E-state index in [0.29, 0.717) is 49.6 Å². The smallest absolute Gasteiger partial charge is 0.254 e. The zero-order chi connectivity index (χ0) is 35.6. The van der Waals surface area contributed by atoms with Gasteiger partial charge in [0.15, 0.2) is 11.6 Å². The molecule has 0 unspecified atom stereocenters. The number of halogens is 2. The number of nitrogen functional groups attached to an aromatic ring is 1. The van der Waals surface area contributed by atoms with Crippen LogP contribution in [0.1, 0.15) is 26.4 Å². The van der Waals surface area contributed by atoms with Gasteiger partial charge in [-0.3, -0.25) is 9.59 Å². The average molecular weight is 705 g/mol. The molecule has 0 spiro atoms. The van der Waals surface area contributed by atoms with Crippen LogP contribution in [0, 0.1) is 11.6 Å². The van der Waals surface area contributed by atoms with Crippen molar-refractivity contribution in [1.82, 2.24) is 24.2 Å². The highest BCUT2D eigenvalue weighted by Crippen LogP contribution is 2.32. The number of nitrogens with two attached hydrogens (primary N) is 1. The van der Waals surface area contributed by atoms with Crippen molar-refractivity contribution in [2.75, 3.05) is 45.8 Å². The Labute approximate surface area is 288 Å². The van der Waals surface area contributed by atoms with Gasteiger partial charge in [-0.1, -0.05) is 25.7 Å². The van der Waals surface area contributed by atoms with Crippen molar-refractivity contribution in [2.24, 2.45) is 0 Å². The van der Waals surface area contributed by atoms with Gasteiger partial charge in [-0.15, -0.1) is 0 Å². The predicted molar refractivity (Wildman–Crippen MR) is 185 cm³/mol. The Balaban J connectivity index is 1.32. The molecule has 0 atom stereocenters. The van der Waals surface area contributed by atoms with Crippen LogP contribution in [0.3, 0.4) is 0 Å². The van der Waals surface area contributed by atoms with Crippen LogP contribution in [0.25, 0.3) is 16.6 Å². The molecule has 0 aliphatic carbocycles. The van der Waals surface area contributed by atoms with E-state index in [1.807, 2.05) is 6.07 Å². The van der Waals surface area contributed by atoms with Gasteiger partial charge in [0.05, 0.1) is 43.3 Å². The summed E-state index contributed by atoms with van der Waals surface area (Å²) in [5, 5.41) is 5.06. The van der Waals surface area contributed by atoms with Crippen molar-refractivity contribution in [2.45, 2.75) is 32.4 Å². The molecule has 5 aromatic rings. The summed E-state index contributed by atoms with van der Waals surface area (Å²) in [7, 11) is -0.00182. The van der Waals surface area contributed by atoms with E-state index in [-0.39, 0.29) is 47.2 Å². The number of carbonyl (C=O) groups is 2. The number of benzene rings is 2. The van der Waals surface area contributed by atoms with E-state index in [1.54, 1.807) is 27.7 Å². The SMILES string of the molecule is COc1nc(Oc2cccc(F)c2F)ccc1-n1ncc(C(=O)c2cc3cc(C(=O)N4CCOCC4)ccc3n2COCC[Si](C)(C)C)c1N. The quantitative estimate of drug-likeness (QED) is 0.0957. The first-order valence-corrected chi connectivity index (χ1v) is 19.8. The monoisotopic (exact) mass is 704 g/mol. The maximum atomic E-state index is 14.2. The minimum absolute atomic E-state index is 0.00971. The molecule has 2 N–H and O–H groups in total. The van der Waals surface area contributed by atoms with E-state index in [1.165, 1.54) is 42.3 Å². The second-order valence-corrected chi connectivity index (χ2v) is 18.6. The van der Waals surface area contributed by atoms with E-state index in [9.17, 15) is 18.4 Å². The molecule has 15 heteroatoms. The van der Waals surface area contributed by atoms with Crippen LogP contribution in [0.5, 0.6) is 17.5 Å². The third kappa shape index (κ3) is 7.24. The topological polar surface area (TPSA) is 136 Å². The molecule has 1 aliphatic rings. The number of rotatable bonds is 12. The van der Waals surface area contributed by atoms with Crippen LogP contribution in [0.4, 0.5) is 14.6 Å². The Kier molecular flexibility index (Phi) is 9.99. The number of methoxy groups -OCH3 is 1. The Hall–Kier alpha value is -5.12. The summed E-state index contributed by atoms with van der Waals surface area (Å²) >= 11 is 0. The predicted octanol–water partition coefficient (Wildman–Crippen LogP) is 5.90. The molecule has 4 heterocycles. The Morgan fingerprint density at radius 1 is 1.04 bits per heavy atom. The number of hydrogen-bond acceptors (Lipinski definition) is 9. The molecule has 0 radical (unpaired) electrons. The number of anilines is 1. The fraction of sp³-hybridized carbons (Fsp3) is 0.314. The molecule has 50 heavy (non-hydrogen) atoms. The number of nitrogens with zero attached hydrogens (tertiary/aromatic N) is 5. The van der Waals surface area contributed by atoms with Gasteiger partial charge in [0.25, 0.3) is 5.91 Å². The molecule has 1 aliphatic heterocycles. The zero-order valence-corrected chi connectivity index (χ0v) is 29.2. The fourth-order valence-corrected chi connectivity index (χ4v) is 6.29. The highest BCUT2D eigenvalue weighted by molar-refractivity contribution is 6.76.